The van der Waals surface area contributed by atoms with Crippen molar-refractivity contribution >= 4 is 0 Å². The van der Waals surface area contributed by atoms with Gasteiger partial charge in [0.05, 0.1) is 0 Å². The van der Waals surface area contributed by atoms with E-state index in [1.807, 2.05) is 19.9 Å². The molecular formula is C13H21N. The molecule has 1 unspecified atom stereocenters. The van der Waals surface area contributed by atoms with Crippen LogP contribution >= 0.6 is 0 Å². The topological polar surface area (TPSA) is 26.0 Å². The van der Waals surface area contributed by atoms with Crippen molar-refractivity contribution in [2.24, 2.45) is 11.7 Å². The van der Waals surface area contributed by atoms with Gasteiger partial charge in [0.2, 0.25) is 0 Å². The SMILES string of the molecule is CC.NC(c1ccccc1)C1CCC1. The van der Waals surface area contributed by atoms with Crippen LogP contribution < -0.4 is 5.73 Å². The fraction of sp³-hybridized carbons (Fsp3) is 0.538. The van der Waals surface area contributed by atoms with Gasteiger partial charge in [0, 0.05) is 6.04 Å². The Balaban J connectivity index is 0.000000461. The van der Waals surface area contributed by atoms with E-state index in [4.69, 9.17) is 5.73 Å². The van der Waals surface area contributed by atoms with Gasteiger partial charge in [0.25, 0.3) is 0 Å². The first-order chi connectivity index (χ1) is 6.88. The summed E-state index contributed by atoms with van der Waals surface area (Å²) in [7, 11) is 0. The minimum absolute atomic E-state index is 0.278. The molecule has 1 aliphatic rings. The second-order valence-corrected chi connectivity index (χ2v) is 3.63. The van der Waals surface area contributed by atoms with Gasteiger partial charge in [0.15, 0.2) is 0 Å². The zero-order valence-corrected chi connectivity index (χ0v) is 9.24. The summed E-state index contributed by atoms with van der Waals surface area (Å²) in [6, 6.07) is 10.7. The monoisotopic (exact) mass is 191 g/mol. The molecule has 2 rings (SSSR count). The number of benzene rings is 1. The van der Waals surface area contributed by atoms with Crippen molar-refractivity contribution in [2.45, 2.75) is 39.2 Å². The molecule has 1 aromatic rings. The highest BCUT2D eigenvalue weighted by Gasteiger charge is 2.24. The largest absolute Gasteiger partial charge is 0.324 e. The van der Waals surface area contributed by atoms with Crippen LogP contribution in [0.1, 0.15) is 44.7 Å². The smallest absolute Gasteiger partial charge is 0.0323 e. The highest BCUT2D eigenvalue weighted by molar-refractivity contribution is 5.19. The summed E-state index contributed by atoms with van der Waals surface area (Å²) >= 11 is 0. The Morgan fingerprint density at radius 2 is 1.71 bits per heavy atom. The first-order valence-corrected chi connectivity index (χ1v) is 5.68. The summed E-state index contributed by atoms with van der Waals surface area (Å²) in [6.45, 7) is 4.00. The van der Waals surface area contributed by atoms with Gasteiger partial charge in [-0.05, 0) is 24.3 Å². The zero-order valence-electron chi connectivity index (χ0n) is 9.24. The summed E-state index contributed by atoms with van der Waals surface area (Å²) in [6.07, 6.45) is 4.00. The third-order valence-electron chi connectivity index (χ3n) is 2.84. The van der Waals surface area contributed by atoms with E-state index in [9.17, 15) is 0 Å². The van der Waals surface area contributed by atoms with E-state index in [-0.39, 0.29) is 6.04 Å². The van der Waals surface area contributed by atoms with Gasteiger partial charge in [-0.3, -0.25) is 0 Å². The maximum Gasteiger partial charge on any atom is 0.0323 e. The van der Waals surface area contributed by atoms with Crippen LogP contribution in [0.15, 0.2) is 30.3 Å². The fourth-order valence-corrected chi connectivity index (χ4v) is 1.75. The van der Waals surface area contributed by atoms with Gasteiger partial charge in [-0.1, -0.05) is 50.6 Å². The Hall–Kier alpha value is -0.820. The predicted octanol–water partition coefficient (Wildman–Crippen LogP) is 3.51. The molecule has 2 N–H and O–H groups in total. The maximum atomic E-state index is 6.10. The van der Waals surface area contributed by atoms with Gasteiger partial charge in [-0.25, -0.2) is 0 Å². The molecule has 1 saturated carbocycles. The third-order valence-corrected chi connectivity index (χ3v) is 2.84. The molecule has 1 heteroatoms. The lowest BCUT2D eigenvalue weighted by molar-refractivity contribution is 0.264. The molecule has 0 heterocycles. The van der Waals surface area contributed by atoms with Crippen molar-refractivity contribution in [3.8, 4) is 0 Å². The Kier molecular flexibility index (Phi) is 4.68. The predicted molar refractivity (Wildman–Crippen MR) is 62.1 cm³/mol. The average molecular weight is 191 g/mol. The molecule has 0 radical (unpaired) electrons. The minimum atomic E-state index is 0.278. The van der Waals surface area contributed by atoms with Gasteiger partial charge in [0.1, 0.15) is 0 Å². The van der Waals surface area contributed by atoms with Gasteiger partial charge in [-0.2, -0.15) is 0 Å². The van der Waals surface area contributed by atoms with Gasteiger partial charge >= 0.3 is 0 Å². The van der Waals surface area contributed by atoms with Crippen LogP contribution in [0.25, 0.3) is 0 Å². The summed E-state index contributed by atoms with van der Waals surface area (Å²) in [5, 5.41) is 0. The molecule has 0 aliphatic heterocycles. The van der Waals surface area contributed by atoms with Crippen molar-refractivity contribution in [1.82, 2.24) is 0 Å². The Morgan fingerprint density at radius 3 is 2.14 bits per heavy atom. The molecule has 1 aromatic carbocycles. The number of rotatable bonds is 2. The normalized spacial score (nSPS) is 17.6. The molecule has 1 aliphatic carbocycles. The van der Waals surface area contributed by atoms with E-state index in [0.717, 1.165) is 5.92 Å². The van der Waals surface area contributed by atoms with E-state index in [1.165, 1.54) is 24.8 Å². The van der Waals surface area contributed by atoms with E-state index < -0.39 is 0 Å². The summed E-state index contributed by atoms with van der Waals surface area (Å²) in [4.78, 5) is 0. The number of hydrogen-bond acceptors (Lipinski definition) is 1. The van der Waals surface area contributed by atoms with Crippen LogP contribution in [0, 0.1) is 5.92 Å². The fourth-order valence-electron chi connectivity index (χ4n) is 1.75. The lowest BCUT2D eigenvalue weighted by atomic mass is 9.78. The van der Waals surface area contributed by atoms with E-state index >= 15 is 0 Å². The molecule has 14 heavy (non-hydrogen) atoms. The maximum absolute atomic E-state index is 6.10. The van der Waals surface area contributed by atoms with Crippen LogP contribution in [0.3, 0.4) is 0 Å². The molecule has 0 spiro atoms. The highest BCUT2D eigenvalue weighted by Crippen LogP contribution is 2.35. The minimum Gasteiger partial charge on any atom is -0.324 e. The van der Waals surface area contributed by atoms with Gasteiger partial charge < -0.3 is 5.73 Å². The standard InChI is InChI=1S/C11H15N.C2H6/c12-11(10-7-4-8-10)9-5-2-1-3-6-9;1-2/h1-3,5-6,10-11H,4,7-8,12H2;1-2H3. The lowest BCUT2D eigenvalue weighted by Crippen LogP contribution is -2.26. The Bertz CT molecular complexity index is 239. The molecule has 0 bridgehead atoms. The molecule has 78 valence electrons. The summed E-state index contributed by atoms with van der Waals surface area (Å²) < 4.78 is 0. The van der Waals surface area contributed by atoms with E-state index in [2.05, 4.69) is 24.3 Å². The van der Waals surface area contributed by atoms with Crippen LogP contribution in [0.2, 0.25) is 0 Å². The van der Waals surface area contributed by atoms with E-state index in [0.29, 0.717) is 0 Å². The zero-order chi connectivity index (χ0) is 10.4. The molecule has 1 nitrogen and oxygen atoms in total. The van der Waals surface area contributed by atoms with Crippen LogP contribution in [0.4, 0.5) is 0 Å². The second kappa shape index (κ2) is 5.82. The van der Waals surface area contributed by atoms with E-state index in [1.54, 1.807) is 0 Å². The Labute approximate surface area is 87.3 Å². The lowest BCUT2D eigenvalue weighted by Gasteiger charge is -2.31. The van der Waals surface area contributed by atoms with Crippen molar-refractivity contribution < 1.29 is 0 Å². The van der Waals surface area contributed by atoms with Crippen molar-refractivity contribution in [3.05, 3.63) is 35.9 Å². The number of hydrogen-bond donors (Lipinski definition) is 1. The molecule has 1 fully saturated rings. The molecule has 0 amide bonds. The van der Waals surface area contributed by atoms with Crippen LogP contribution in [-0.2, 0) is 0 Å². The van der Waals surface area contributed by atoms with Crippen LogP contribution in [-0.4, -0.2) is 0 Å². The molecule has 0 aromatic heterocycles. The molecule has 1 atom stereocenters. The van der Waals surface area contributed by atoms with Crippen molar-refractivity contribution in [2.75, 3.05) is 0 Å². The third kappa shape index (κ3) is 2.58. The average Bonchev–Trinajstić information content (AvgIpc) is 2.20. The molecule has 0 saturated heterocycles. The van der Waals surface area contributed by atoms with Crippen molar-refractivity contribution in [3.63, 3.8) is 0 Å². The molecular weight excluding hydrogens is 170 g/mol. The number of nitrogens with two attached hydrogens (primary N) is 1. The highest BCUT2D eigenvalue weighted by atomic mass is 14.7. The van der Waals surface area contributed by atoms with Crippen LogP contribution in [0.5, 0.6) is 0 Å². The van der Waals surface area contributed by atoms with Crippen molar-refractivity contribution in [1.29, 1.82) is 0 Å². The first-order valence-electron chi connectivity index (χ1n) is 5.68. The first kappa shape index (κ1) is 11.3. The Morgan fingerprint density at radius 1 is 1.14 bits per heavy atom. The second-order valence-electron chi connectivity index (χ2n) is 3.63. The quantitative estimate of drug-likeness (QED) is 0.760. The van der Waals surface area contributed by atoms with Gasteiger partial charge in [-0.15, -0.1) is 0 Å². The summed E-state index contributed by atoms with van der Waals surface area (Å²) in [5.41, 5.74) is 7.39. The summed E-state index contributed by atoms with van der Waals surface area (Å²) in [5.74, 6) is 0.743.